The van der Waals surface area contributed by atoms with Crippen LogP contribution in [0.2, 0.25) is 15.1 Å². The van der Waals surface area contributed by atoms with Crippen LogP contribution in [-0.4, -0.2) is 75.1 Å². The van der Waals surface area contributed by atoms with Crippen LogP contribution in [0.4, 0.5) is 13.2 Å². The van der Waals surface area contributed by atoms with Gasteiger partial charge in [0, 0.05) is 51.9 Å². The standard InChI is InChI=1S/C30H31Cl3F3N3O5S2/c1-46(42,43)16-2-15-44-24-23(18-3-5-19(31)6-4-18)25(21-8-7-20(32)17-22(21)33)45-26(24)27(40)39-13-10-29(11-14-39,28(37)41)38-12-9-30(34,35)36/h3-8,17,38H,2,9-16H2,1H3,(H2,37,41). The molecule has 3 aromatic rings. The molecule has 8 nitrogen and oxygen atoms in total. The molecule has 1 saturated heterocycles. The number of amides is 2. The van der Waals surface area contributed by atoms with E-state index >= 15 is 0 Å². The number of nitrogens with one attached hydrogen (secondary N) is 1. The first-order valence-electron chi connectivity index (χ1n) is 14.1. The van der Waals surface area contributed by atoms with Gasteiger partial charge in [-0.05, 0) is 49.1 Å². The molecule has 46 heavy (non-hydrogen) atoms. The Bertz CT molecular complexity index is 1690. The second-order valence-electron chi connectivity index (χ2n) is 11.0. The molecule has 1 fully saturated rings. The smallest absolute Gasteiger partial charge is 0.390 e. The largest absolute Gasteiger partial charge is 0.491 e. The molecule has 0 spiro atoms. The van der Waals surface area contributed by atoms with Crippen LogP contribution in [0.3, 0.4) is 0 Å². The van der Waals surface area contributed by atoms with Gasteiger partial charge in [-0.3, -0.25) is 9.59 Å². The fraction of sp³-hybridized carbons (Fsp3) is 0.400. The van der Waals surface area contributed by atoms with E-state index < -0.39 is 46.3 Å². The first-order valence-corrected chi connectivity index (χ1v) is 18.1. The molecular weight excluding hydrogens is 710 g/mol. The number of piperidine rings is 1. The molecule has 3 N–H and O–H groups in total. The zero-order valence-corrected chi connectivity index (χ0v) is 28.5. The molecule has 16 heteroatoms. The second-order valence-corrected chi connectivity index (χ2v) is 15.5. The molecule has 0 saturated carbocycles. The highest BCUT2D eigenvalue weighted by Gasteiger charge is 2.42. The van der Waals surface area contributed by atoms with Crippen LogP contribution in [0.15, 0.2) is 42.5 Å². The van der Waals surface area contributed by atoms with Gasteiger partial charge in [0.25, 0.3) is 5.91 Å². The fourth-order valence-corrected chi connectivity index (χ4v) is 7.72. The number of sulfone groups is 1. The number of likely N-dealkylation sites (tertiary alicyclic amines) is 1. The molecule has 0 aliphatic carbocycles. The molecule has 250 valence electrons. The number of hydrogen-bond donors (Lipinski definition) is 2. The lowest BCUT2D eigenvalue weighted by Gasteiger charge is -2.40. The van der Waals surface area contributed by atoms with Crippen molar-refractivity contribution in [2.24, 2.45) is 5.73 Å². The number of nitrogens with two attached hydrogens (primary N) is 1. The van der Waals surface area contributed by atoms with E-state index in [1.54, 1.807) is 42.5 Å². The number of carbonyl (C=O) groups excluding carboxylic acids is 2. The van der Waals surface area contributed by atoms with E-state index in [1.807, 2.05) is 0 Å². The van der Waals surface area contributed by atoms with Gasteiger partial charge < -0.3 is 20.7 Å². The average molecular weight is 741 g/mol. The number of rotatable bonds is 12. The van der Waals surface area contributed by atoms with Crippen LogP contribution in [0.25, 0.3) is 21.6 Å². The van der Waals surface area contributed by atoms with E-state index in [0.717, 1.165) is 17.6 Å². The van der Waals surface area contributed by atoms with E-state index in [-0.39, 0.29) is 55.3 Å². The molecule has 2 amide bonds. The Hall–Kier alpha value is -2.55. The van der Waals surface area contributed by atoms with Crippen molar-refractivity contribution in [2.75, 3.05) is 38.2 Å². The predicted octanol–water partition coefficient (Wildman–Crippen LogP) is 6.86. The second kappa shape index (κ2) is 14.7. The van der Waals surface area contributed by atoms with Crippen molar-refractivity contribution in [2.45, 2.75) is 37.4 Å². The summed E-state index contributed by atoms with van der Waals surface area (Å²) in [7, 11) is -3.27. The molecule has 1 aliphatic rings. The minimum absolute atomic E-state index is 0.00175. The van der Waals surface area contributed by atoms with Crippen LogP contribution >= 0.6 is 46.1 Å². The highest BCUT2D eigenvalue weighted by atomic mass is 35.5. The molecule has 0 unspecified atom stereocenters. The highest BCUT2D eigenvalue weighted by Crippen LogP contribution is 2.50. The normalized spacial score (nSPS) is 15.2. The summed E-state index contributed by atoms with van der Waals surface area (Å²) < 4.78 is 68.0. The third kappa shape index (κ3) is 9.07. The summed E-state index contributed by atoms with van der Waals surface area (Å²) in [6.45, 7) is -0.460. The van der Waals surface area contributed by atoms with Gasteiger partial charge in [0.15, 0.2) is 5.75 Å². The van der Waals surface area contributed by atoms with Gasteiger partial charge in [-0.1, -0.05) is 53.0 Å². The number of ether oxygens (including phenoxy) is 1. The number of hydrogen-bond acceptors (Lipinski definition) is 7. The molecular formula is C30H31Cl3F3N3O5S2. The van der Waals surface area contributed by atoms with Crippen molar-refractivity contribution in [3.63, 3.8) is 0 Å². The van der Waals surface area contributed by atoms with Crippen LogP contribution in [0.1, 0.15) is 35.4 Å². The lowest BCUT2D eigenvalue weighted by Crippen LogP contribution is -2.61. The Balaban J connectivity index is 1.74. The van der Waals surface area contributed by atoms with Crippen molar-refractivity contribution in [1.29, 1.82) is 0 Å². The Morgan fingerprint density at radius 1 is 1.07 bits per heavy atom. The lowest BCUT2D eigenvalue weighted by atomic mass is 9.86. The summed E-state index contributed by atoms with van der Waals surface area (Å²) in [4.78, 5) is 28.8. The van der Waals surface area contributed by atoms with Crippen LogP contribution in [0.5, 0.6) is 5.75 Å². The van der Waals surface area contributed by atoms with Crippen LogP contribution in [0, 0.1) is 0 Å². The summed E-state index contributed by atoms with van der Waals surface area (Å²) >= 11 is 20.1. The number of carbonyl (C=O) groups is 2. The summed E-state index contributed by atoms with van der Waals surface area (Å²) in [6.07, 6.45) is -4.26. The average Bonchev–Trinajstić information content (AvgIpc) is 3.33. The number of thiophene rings is 1. The first-order chi connectivity index (χ1) is 21.5. The number of nitrogens with zero attached hydrogens (tertiary/aromatic N) is 1. The topological polar surface area (TPSA) is 119 Å². The Morgan fingerprint density at radius 3 is 2.26 bits per heavy atom. The molecule has 2 heterocycles. The summed E-state index contributed by atoms with van der Waals surface area (Å²) in [5.74, 6) is -1.16. The van der Waals surface area contributed by atoms with Crippen LogP contribution in [-0.2, 0) is 14.6 Å². The molecule has 1 aromatic heterocycles. The third-order valence-corrected chi connectivity index (χ3v) is 10.5. The fourth-order valence-electron chi connectivity index (χ4n) is 5.12. The van der Waals surface area contributed by atoms with E-state index in [2.05, 4.69) is 5.32 Å². The quantitative estimate of drug-likeness (QED) is 0.196. The number of halogens is 6. The van der Waals surface area contributed by atoms with E-state index in [1.165, 1.54) is 4.90 Å². The minimum Gasteiger partial charge on any atom is -0.491 e. The maximum absolute atomic E-state index is 14.2. The molecule has 0 bridgehead atoms. The van der Waals surface area contributed by atoms with Crippen molar-refractivity contribution in [3.8, 4) is 27.3 Å². The van der Waals surface area contributed by atoms with Gasteiger partial charge in [-0.25, -0.2) is 8.42 Å². The predicted molar refractivity (Wildman–Crippen MR) is 176 cm³/mol. The molecule has 0 atom stereocenters. The summed E-state index contributed by atoms with van der Waals surface area (Å²) in [5.41, 5.74) is 5.97. The summed E-state index contributed by atoms with van der Waals surface area (Å²) in [5, 5.41) is 3.88. The number of benzene rings is 2. The Labute approximate surface area is 283 Å². The van der Waals surface area contributed by atoms with Gasteiger partial charge in [-0.2, -0.15) is 13.2 Å². The van der Waals surface area contributed by atoms with Crippen molar-refractivity contribution >= 4 is 67.8 Å². The molecule has 4 rings (SSSR count). The first kappa shape index (κ1) is 36.3. The third-order valence-electron chi connectivity index (χ3n) is 7.52. The zero-order chi connectivity index (χ0) is 33.9. The van der Waals surface area contributed by atoms with E-state index in [4.69, 9.17) is 45.3 Å². The van der Waals surface area contributed by atoms with E-state index in [9.17, 15) is 31.2 Å². The van der Waals surface area contributed by atoms with Gasteiger partial charge in [0.05, 0.1) is 23.8 Å². The zero-order valence-electron chi connectivity index (χ0n) is 24.6. The number of alkyl halides is 3. The van der Waals surface area contributed by atoms with Gasteiger partial charge in [0.2, 0.25) is 5.91 Å². The molecule has 0 radical (unpaired) electrons. The van der Waals surface area contributed by atoms with Crippen molar-refractivity contribution < 1.29 is 35.9 Å². The van der Waals surface area contributed by atoms with Gasteiger partial charge >= 0.3 is 6.18 Å². The molecule has 1 aliphatic heterocycles. The Morgan fingerprint density at radius 2 is 1.70 bits per heavy atom. The maximum atomic E-state index is 14.2. The maximum Gasteiger partial charge on any atom is 0.390 e. The summed E-state index contributed by atoms with van der Waals surface area (Å²) in [6, 6.07) is 11.8. The molecule has 2 aromatic carbocycles. The monoisotopic (exact) mass is 739 g/mol. The minimum atomic E-state index is -4.41. The van der Waals surface area contributed by atoms with Crippen molar-refractivity contribution in [1.82, 2.24) is 10.2 Å². The Kier molecular flexibility index (Phi) is 11.6. The highest BCUT2D eigenvalue weighted by molar-refractivity contribution is 7.90. The van der Waals surface area contributed by atoms with E-state index in [0.29, 0.717) is 36.6 Å². The SMILES string of the molecule is CS(=O)(=O)CCCOc1c(C(=O)N2CCC(NCCC(F)(F)F)(C(N)=O)CC2)sc(-c2ccc(Cl)cc2Cl)c1-c1ccc(Cl)cc1. The van der Waals surface area contributed by atoms with Gasteiger partial charge in [-0.15, -0.1) is 11.3 Å². The lowest BCUT2D eigenvalue weighted by molar-refractivity contribution is -0.137. The van der Waals surface area contributed by atoms with Gasteiger partial charge in [0.1, 0.15) is 20.3 Å². The number of primary amides is 1. The van der Waals surface area contributed by atoms with Crippen LogP contribution < -0.4 is 15.8 Å². The van der Waals surface area contributed by atoms with Crippen molar-refractivity contribution in [3.05, 3.63) is 62.4 Å².